The summed E-state index contributed by atoms with van der Waals surface area (Å²) in [5.41, 5.74) is 1.67. The van der Waals surface area contributed by atoms with E-state index in [1.165, 1.54) is 6.39 Å². The highest BCUT2D eigenvalue weighted by atomic mass is 35.5. The lowest BCUT2D eigenvalue weighted by Gasteiger charge is -2.04. The lowest BCUT2D eigenvalue weighted by atomic mass is 10.4. The summed E-state index contributed by atoms with van der Waals surface area (Å²) < 4.78 is 4.84. The number of nitrogens with one attached hydrogen (secondary N) is 1. The predicted molar refractivity (Wildman–Crippen MR) is 53.1 cm³/mol. The van der Waals surface area contributed by atoms with Gasteiger partial charge in [0.1, 0.15) is 6.26 Å². The van der Waals surface area contributed by atoms with Gasteiger partial charge in [-0.05, 0) is 6.07 Å². The first kappa shape index (κ1) is 9.02. The largest absolute Gasteiger partial charge is 0.451 e. The highest BCUT2D eigenvalue weighted by Gasteiger charge is 1.99. The minimum atomic E-state index is 0.584. The molecule has 0 saturated carbocycles. The molecule has 0 fully saturated rings. The minimum Gasteiger partial charge on any atom is -0.451 e. The first-order valence-electron chi connectivity index (χ1n) is 4.07. The lowest BCUT2D eigenvalue weighted by Crippen LogP contribution is -1.99. The molecule has 1 N–H and O–H groups in total. The predicted octanol–water partition coefficient (Wildman–Crippen LogP) is 2.34. The van der Waals surface area contributed by atoms with Crippen molar-refractivity contribution in [2.24, 2.45) is 0 Å². The second-order valence-electron chi connectivity index (χ2n) is 2.69. The zero-order chi connectivity index (χ0) is 9.80. The summed E-state index contributed by atoms with van der Waals surface area (Å²) in [6, 6.07) is 1.81. The Balaban J connectivity index is 2.02. The van der Waals surface area contributed by atoms with Crippen molar-refractivity contribution in [1.29, 1.82) is 0 Å². The number of hydrogen-bond donors (Lipinski definition) is 1. The van der Waals surface area contributed by atoms with Crippen molar-refractivity contribution in [2.75, 3.05) is 5.32 Å². The van der Waals surface area contributed by atoms with Crippen LogP contribution in [0.15, 0.2) is 35.5 Å². The molecule has 0 unspecified atom stereocenters. The SMILES string of the molecule is Clc1cnccc1NCc1cocn1. The summed E-state index contributed by atoms with van der Waals surface area (Å²) in [7, 11) is 0. The third-order valence-electron chi connectivity index (χ3n) is 1.72. The number of nitrogens with zero attached hydrogens (tertiary/aromatic N) is 2. The Morgan fingerprint density at radius 2 is 2.43 bits per heavy atom. The monoisotopic (exact) mass is 209 g/mol. The molecule has 4 nitrogen and oxygen atoms in total. The molecule has 14 heavy (non-hydrogen) atoms. The molecule has 2 rings (SSSR count). The average molecular weight is 210 g/mol. The highest BCUT2D eigenvalue weighted by Crippen LogP contribution is 2.19. The molecule has 0 saturated heterocycles. The maximum Gasteiger partial charge on any atom is 0.180 e. The maximum absolute atomic E-state index is 5.90. The molecule has 2 aromatic heterocycles. The van der Waals surface area contributed by atoms with Gasteiger partial charge in [0.15, 0.2) is 6.39 Å². The maximum atomic E-state index is 5.90. The van der Waals surface area contributed by atoms with E-state index in [9.17, 15) is 0 Å². The molecule has 0 bridgehead atoms. The van der Waals surface area contributed by atoms with Gasteiger partial charge < -0.3 is 9.73 Å². The average Bonchev–Trinajstić information content (AvgIpc) is 2.69. The van der Waals surface area contributed by atoms with Gasteiger partial charge >= 0.3 is 0 Å². The Kier molecular flexibility index (Phi) is 2.65. The van der Waals surface area contributed by atoms with Crippen LogP contribution in [-0.4, -0.2) is 9.97 Å². The van der Waals surface area contributed by atoms with Crippen LogP contribution in [0.2, 0.25) is 5.02 Å². The van der Waals surface area contributed by atoms with E-state index in [1.54, 1.807) is 18.7 Å². The van der Waals surface area contributed by atoms with Crippen LogP contribution in [0.4, 0.5) is 5.69 Å². The normalized spacial score (nSPS) is 10.1. The number of halogens is 1. The van der Waals surface area contributed by atoms with E-state index in [4.69, 9.17) is 16.0 Å². The topological polar surface area (TPSA) is 51.0 Å². The molecular formula is C9H8ClN3O. The molecule has 0 aromatic carbocycles. The Morgan fingerprint density at radius 3 is 3.14 bits per heavy atom. The molecule has 0 amide bonds. The van der Waals surface area contributed by atoms with E-state index in [-0.39, 0.29) is 0 Å². The number of rotatable bonds is 3. The van der Waals surface area contributed by atoms with E-state index in [0.29, 0.717) is 11.6 Å². The molecule has 5 heteroatoms. The Hall–Kier alpha value is -1.55. The van der Waals surface area contributed by atoms with E-state index in [1.807, 2.05) is 6.07 Å². The zero-order valence-corrected chi connectivity index (χ0v) is 8.03. The van der Waals surface area contributed by atoms with Crippen LogP contribution in [0, 0.1) is 0 Å². The van der Waals surface area contributed by atoms with Crippen LogP contribution in [-0.2, 0) is 6.54 Å². The van der Waals surface area contributed by atoms with Crippen molar-refractivity contribution in [3.63, 3.8) is 0 Å². The Morgan fingerprint density at radius 1 is 1.50 bits per heavy atom. The second kappa shape index (κ2) is 4.11. The van der Waals surface area contributed by atoms with E-state index < -0.39 is 0 Å². The summed E-state index contributed by atoms with van der Waals surface area (Å²) in [5.74, 6) is 0. The number of oxazole rings is 1. The minimum absolute atomic E-state index is 0.584. The molecule has 0 radical (unpaired) electrons. The van der Waals surface area contributed by atoms with Crippen LogP contribution >= 0.6 is 11.6 Å². The summed E-state index contributed by atoms with van der Waals surface area (Å²) in [5, 5.41) is 3.71. The van der Waals surface area contributed by atoms with Crippen molar-refractivity contribution in [2.45, 2.75) is 6.54 Å². The Labute approximate surface area is 85.9 Å². The van der Waals surface area contributed by atoms with Crippen LogP contribution < -0.4 is 5.32 Å². The summed E-state index contributed by atoms with van der Waals surface area (Å²) in [6.45, 7) is 0.584. The molecular weight excluding hydrogens is 202 g/mol. The van der Waals surface area contributed by atoms with Gasteiger partial charge in [-0.15, -0.1) is 0 Å². The quantitative estimate of drug-likeness (QED) is 0.843. The van der Waals surface area contributed by atoms with E-state index in [0.717, 1.165) is 11.4 Å². The van der Waals surface area contributed by atoms with Crippen LogP contribution in [0.3, 0.4) is 0 Å². The fourth-order valence-electron chi connectivity index (χ4n) is 1.03. The van der Waals surface area contributed by atoms with Gasteiger partial charge in [0.05, 0.1) is 22.9 Å². The molecule has 0 aliphatic carbocycles. The molecule has 2 heterocycles. The lowest BCUT2D eigenvalue weighted by molar-refractivity contribution is 0.556. The summed E-state index contributed by atoms with van der Waals surface area (Å²) in [6.07, 6.45) is 6.25. The fraction of sp³-hybridized carbons (Fsp3) is 0.111. The van der Waals surface area contributed by atoms with Gasteiger partial charge in [-0.3, -0.25) is 4.98 Å². The van der Waals surface area contributed by atoms with Crippen molar-refractivity contribution >= 4 is 17.3 Å². The van der Waals surface area contributed by atoms with Gasteiger partial charge in [-0.2, -0.15) is 0 Å². The van der Waals surface area contributed by atoms with Crippen molar-refractivity contribution in [1.82, 2.24) is 9.97 Å². The fourth-order valence-corrected chi connectivity index (χ4v) is 1.22. The summed E-state index contributed by atoms with van der Waals surface area (Å²) in [4.78, 5) is 7.86. The zero-order valence-electron chi connectivity index (χ0n) is 7.27. The van der Waals surface area contributed by atoms with Crippen molar-refractivity contribution in [3.8, 4) is 0 Å². The van der Waals surface area contributed by atoms with Gasteiger partial charge in [0.2, 0.25) is 0 Å². The van der Waals surface area contributed by atoms with Crippen LogP contribution in [0.25, 0.3) is 0 Å². The van der Waals surface area contributed by atoms with Gasteiger partial charge in [-0.1, -0.05) is 11.6 Å². The van der Waals surface area contributed by atoms with Gasteiger partial charge in [-0.25, -0.2) is 4.98 Å². The molecule has 2 aromatic rings. The molecule has 0 aliphatic heterocycles. The molecule has 0 spiro atoms. The number of pyridine rings is 1. The summed E-state index contributed by atoms with van der Waals surface area (Å²) >= 11 is 5.90. The third kappa shape index (κ3) is 2.03. The first-order valence-corrected chi connectivity index (χ1v) is 4.44. The number of hydrogen-bond acceptors (Lipinski definition) is 4. The van der Waals surface area contributed by atoms with E-state index in [2.05, 4.69) is 15.3 Å². The van der Waals surface area contributed by atoms with Gasteiger partial charge in [0, 0.05) is 12.4 Å². The molecule has 0 atom stereocenters. The van der Waals surface area contributed by atoms with Crippen LogP contribution in [0.1, 0.15) is 5.69 Å². The second-order valence-corrected chi connectivity index (χ2v) is 3.10. The molecule has 72 valence electrons. The van der Waals surface area contributed by atoms with Crippen molar-refractivity contribution in [3.05, 3.63) is 41.8 Å². The standard InChI is InChI=1S/C9H8ClN3O/c10-8-4-11-2-1-9(8)12-3-7-5-14-6-13-7/h1-2,4-6H,3H2,(H,11,12). The highest BCUT2D eigenvalue weighted by molar-refractivity contribution is 6.33. The van der Waals surface area contributed by atoms with E-state index >= 15 is 0 Å². The first-order chi connectivity index (χ1) is 6.86. The number of aromatic nitrogens is 2. The Bertz CT molecular complexity index is 402. The van der Waals surface area contributed by atoms with Gasteiger partial charge in [0.25, 0.3) is 0 Å². The van der Waals surface area contributed by atoms with Crippen molar-refractivity contribution < 1.29 is 4.42 Å². The number of anilines is 1. The molecule has 0 aliphatic rings. The van der Waals surface area contributed by atoms with Crippen LogP contribution in [0.5, 0.6) is 0 Å². The smallest absolute Gasteiger partial charge is 0.180 e. The third-order valence-corrected chi connectivity index (χ3v) is 2.02.